The zero-order valence-electron chi connectivity index (χ0n) is 17.2. The van der Waals surface area contributed by atoms with Crippen LogP contribution in [0.25, 0.3) is 6.08 Å². The van der Waals surface area contributed by atoms with E-state index in [4.69, 9.17) is 28.6 Å². The van der Waals surface area contributed by atoms with Crippen molar-refractivity contribution in [1.29, 1.82) is 0 Å². The number of rotatable bonds is 5. The fourth-order valence-electron chi connectivity index (χ4n) is 3.17. The first-order chi connectivity index (χ1) is 15.9. The summed E-state index contributed by atoms with van der Waals surface area (Å²) in [6, 6.07) is 17.1. The fourth-order valence-corrected chi connectivity index (χ4v) is 4.64. The lowest BCUT2D eigenvalue weighted by Crippen LogP contribution is -2.27. The first-order valence-electron chi connectivity index (χ1n) is 9.64. The van der Waals surface area contributed by atoms with Crippen LogP contribution >= 0.6 is 35.6 Å². The van der Waals surface area contributed by atoms with Crippen LogP contribution in [-0.4, -0.2) is 23.2 Å². The van der Waals surface area contributed by atoms with Crippen molar-refractivity contribution in [2.75, 3.05) is 17.3 Å². The average Bonchev–Trinajstić information content (AvgIpc) is 3.08. The minimum absolute atomic E-state index is 0.317. The predicted octanol–water partition coefficient (Wildman–Crippen LogP) is 6.15. The van der Waals surface area contributed by atoms with Gasteiger partial charge in [-0.2, -0.15) is 0 Å². The number of nitrogens with one attached hydrogen (secondary N) is 1. The summed E-state index contributed by atoms with van der Waals surface area (Å²) in [4.78, 5) is 27.6. The molecule has 33 heavy (non-hydrogen) atoms. The van der Waals surface area contributed by atoms with E-state index < -0.39 is 11.7 Å². The van der Waals surface area contributed by atoms with E-state index in [1.165, 1.54) is 36.3 Å². The average molecular weight is 499 g/mol. The molecule has 0 spiro atoms. The van der Waals surface area contributed by atoms with Gasteiger partial charge in [-0.1, -0.05) is 41.6 Å². The molecule has 2 amide bonds. The fraction of sp³-hybridized carbons (Fsp3) is 0.0417. The third-order valence-electron chi connectivity index (χ3n) is 4.74. The van der Waals surface area contributed by atoms with Gasteiger partial charge >= 0.3 is 0 Å². The van der Waals surface area contributed by atoms with Gasteiger partial charge in [0.25, 0.3) is 11.8 Å². The normalized spacial score (nSPS) is 14.6. The molecule has 0 saturated carbocycles. The standard InChI is InChI=1S/C24H16ClFN2O3S2/c1-31-20-10-5-16(25)11-15(20)13-21-23(30)28(24(32)33-21)19-4-2-3-14(12-19)22(29)27-18-8-6-17(26)7-9-18/h2-13H,1H3,(H,27,29)/b21-13+. The Bertz CT molecular complexity index is 1300. The molecule has 0 aromatic heterocycles. The van der Waals surface area contributed by atoms with Gasteiger partial charge in [-0.15, -0.1) is 0 Å². The molecule has 4 rings (SSSR count). The number of halogens is 2. The zero-order valence-corrected chi connectivity index (χ0v) is 19.6. The number of amides is 2. The number of thiocarbonyl (C=S) groups is 1. The maximum Gasteiger partial charge on any atom is 0.270 e. The molecule has 1 aliphatic rings. The van der Waals surface area contributed by atoms with Gasteiger partial charge in [0.05, 0.1) is 17.7 Å². The molecular formula is C24H16ClFN2O3S2. The highest BCUT2D eigenvalue weighted by molar-refractivity contribution is 8.27. The third-order valence-corrected chi connectivity index (χ3v) is 6.28. The summed E-state index contributed by atoms with van der Waals surface area (Å²) in [6.45, 7) is 0. The number of nitrogens with zero attached hydrogens (tertiary/aromatic N) is 1. The lowest BCUT2D eigenvalue weighted by Gasteiger charge is -2.15. The van der Waals surface area contributed by atoms with Gasteiger partial charge in [-0.3, -0.25) is 14.5 Å². The van der Waals surface area contributed by atoms with Crippen molar-refractivity contribution in [2.24, 2.45) is 0 Å². The molecule has 0 atom stereocenters. The molecule has 0 radical (unpaired) electrons. The molecule has 3 aromatic carbocycles. The molecule has 1 fully saturated rings. The number of hydrogen-bond acceptors (Lipinski definition) is 5. The van der Waals surface area contributed by atoms with Crippen LogP contribution in [0, 0.1) is 5.82 Å². The Morgan fingerprint density at radius 3 is 2.64 bits per heavy atom. The van der Waals surface area contributed by atoms with Crippen molar-refractivity contribution in [3.8, 4) is 5.75 Å². The number of anilines is 2. The molecule has 3 aromatic rings. The van der Waals surface area contributed by atoms with Crippen molar-refractivity contribution in [3.63, 3.8) is 0 Å². The molecule has 9 heteroatoms. The van der Waals surface area contributed by atoms with Crippen LogP contribution in [0.4, 0.5) is 15.8 Å². The Labute approximate surface area is 204 Å². The minimum Gasteiger partial charge on any atom is -0.496 e. The Kier molecular flexibility index (Phi) is 6.78. The second-order valence-corrected chi connectivity index (χ2v) is 9.03. The number of methoxy groups -OCH3 is 1. The highest BCUT2D eigenvalue weighted by atomic mass is 35.5. The number of benzene rings is 3. The Hall–Kier alpha value is -3.20. The highest BCUT2D eigenvalue weighted by Crippen LogP contribution is 2.37. The van der Waals surface area contributed by atoms with Crippen LogP contribution in [0.15, 0.2) is 71.6 Å². The molecule has 1 heterocycles. The van der Waals surface area contributed by atoms with Gasteiger partial charge in [0, 0.05) is 21.8 Å². The Morgan fingerprint density at radius 1 is 1.15 bits per heavy atom. The van der Waals surface area contributed by atoms with Crippen LogP contribution in [0.1, 0.15) is 15.9 Å². The summed E-state index contributed by atoms with van der Waals surface area (Å²) in [5.41, 5.74) is 1.89. The quantitative estimate of drug-likeness (QED) is 0.338. The van der Waals surface area contributed by atoms with Gasteiger partial charge in [-0.25, -0.2) is 4.39 Å². The van der Waals surface area contributed by atoms with Crippen LogP contribution in [0.3, 0.4) is 0 Å². The van der Waals surface area contributed by atoms with E-state index in [0.717, 1.165) is 11.8 Å². The maximum atomic E-state index is 13.1. The molecule has 0 aliphatic carbocycles. The summed E-state index contributed by atoms with van der Waals surface area (Å²) >= 11 is 12.7. The van der Waals surface area contributed by atoms with E-state index in [9.17, 15) is 14.0 Å². The van der Waals surface area contributed by atoms with Crippen molar-refractivity contribution in [3.05, 3.63) is 93.6 Å². The van der Waals surface area contributed by atoms with Crippen molar-refractivity contribution in [1.82, 2.24) is 0 Å². The number of hydrogen-bond donors (Lipinski definition) is 1. The van der Waals surface area contributed by atoms with Crippen LogP contribution < -0.4 is 15.0 Å². The summed E-state index contributed by atoms with van der Waals surface area (Å²) in [7, 11) is 1.54. The summed E-state index contributed by atoms with van der Waals surface area (Å²) < 4.78 is 18.8. The van der Waals surface area contributed by atoms with Gasteiger partial charge in [-0.05, 0) is 66.7 Å². The number of carbonyl (C=O) groups excluding carboxylic acids is 2. The smallest absolute Gasteiger partial charge is 0.270 e. The molecule has 5 nitrogen and oxygen atoms in total. The van der Waals surface area contributed by atoms with Gasteiger partial charge in [0.1, 0.15) is 11.6 Å². The molecule has 1 N–H and O–H groups in total. The van der Waals surface area contributed by atoms with Crippen molar-refractivity contribution < 1.29 is 18.7 Å². The first kappa shape index (κ1) is 23.0. The third kappa shape index (κ3) is 5.08. The van der Waals surface area contributed by atoms with E-state index in [1.54, 1.807) is 48.5 Å². The lowest BCUT2D eigenvalue weighted by atomic mass is 10.1. The molecule has 1 aliphatic heterocycles. The van der Waals surface area contributed by atoms with Gasteiger partial charge in [0.2, 0.25) is 0 Å². The number of thioether (sulfide) groups is 1. The Morgan fingerprint density at radius 2 is 1.91 bits per heavy atom. The SMILES string of the molecule is COc1ccc(Cl)cc1/C=C1/SC(=S)N(c2cccc(C(=O)Nc3ccc(F)cc3)c2)C1=O. The number of carbonyl (C=O) groups is 2. The van der Waals surface area contributed by atoms with E-state index in [-0.39, 0.29) is 5.91 Å². The molecule has 0 bridgehead atoms. The van der Waals surface area contributed by atoms with E-state index in [0.29, 0.717) is 42.5 Å². The topological polar surface area (TPSA) is 58.6 Å². The van der Waals surface area contributed by atoms with E-state index >= 15 is 0 Å². The molecular weight excluding hydrogens is 483 g/mol. The van der Waals surface area contributed by atoms with E-state index in [2.05, 4.69) is 5.32 Å². The highest BCUT2D eigenvalue weighted by Gasteiger charge is 2.33. The largest absolute Gasteiger partial charge is 0.496 e. The summed E-state index contributed by atoms with van der Waals surface area (Å²) in [6.07, 6.45) is 1.68. The predicted molar refractivity (Wildman–Crippen MR) is 134 cm³/mol. The van der Waals surface area contributed by atoms with Crippen molar-refractivity contribution in [2.45, 2.75) is 0 Å². The molecule has 0 unspecified atom stereocenters. The van der Waals surface area contributed by atoms with E-state index in [1.807, 2.05) is 0 Å². The molecule has 1 saturated heterocycles. The number of ether oxygens (including phenoxy) is 1. The monoisotopic (exact) mass is 498 g/mol. The zero-order chi connectivity index (χ0) is 23.5. The second-order valence-electron chi connectivity index (χ2n) is 6.91. The van der Waals surface area contributed by atoms with Crippen LogP contribution in [0.5, 0.6) is 5.75 Å². The second kappa shape index (κ2) is 9.74. The van der Waals surface area contributed by atoms with Gasteiger partial charge in [0.15, 0.2) is 4.32 Å². The van der Waals surface area contributed by atoms with Crippen LogP contribution in [0.2, 0.25) is 5.02 Å². The minimum atomic E-state index is -0.396. The Balaban J connectivity index is 1.59. The lowest BCUT2D eigenvalue weighted by molar-refractivity contribution is -0.113. The van der Waals surface area contributed by atoms with Crippen molar-refractivity contribution >= 4 is 69.2 Å². The van der Waals surface area contributed by atoms with Crippen LogP contribution in [-0.2, 0) is 4.79 Å². The maximum absolute atomic E-state index is 13.1. The molecule has 166 valence electrons. The summed E-state index contributed by atoms with van der Waals surface area (Å²) in [5.74, 6) is -0.534. The van der Waals surface area contributed by atoms with Gasteiger partial charge < -0.3 is 10.1 Å². The summed E-state index contributed by atoms with van der Waals surface area (Å²) in [5, 5.41) is 3.21. The first-order valence-corrected chi connectivity index (χ1v) is 11.2.